The molecule has 18 heavy (non-hydrogen) atoms. The fourth-order valence-corrected chi connectivity index (χ4v) is 2.14. The Balaban J connectivity index is 2.76. The van der Waals surface area contributed by atoms with Crippen molar-refractivity contribution in [2.24, 2.45) is 0 Å². The molecule has 1 amide bonds. The Labute approximate surface area is 113 Å². The van der Waals surface area contributed by atoms with Gasteiger partial charge in [0.2, 0.25) is 28.1 Å². The Morgan fingerprint density at radius 1 is 1.33 bits per heavy atom. The van der Waals surface area contributed by atoms with Gasteiger partial charge in [-0.25, -0.2) is 0 Å². The SMILES string of the molecule is CC(=O)N[C@@H](CS)C(=O)Sc1nc(N)nc(N)n1. The van der Waals surface area contributed by atoms with Gasteiger partial charge in [-0.05, 0) is 11.8 Å². The van der Waals surface area contributed by atoms with Crippen LogP contribution in [0.15, 0.2) is 5.16 Å². The molecule has 0 aliphatic rings. The van der Waals surface area contributed by atoms with Crippen molar-refractivity contribution < 1.29 is 9.59 Å². The standard InChI is InChI=1S/C8H12N6O2S2/c1-3(15)11-4(2-17)5(16)18-8-13-6(9)12-7(10)14-8/h4,17H,2H2,1H3,(H,11,15)(H4,9,10,12,13,14)/t4-/m0/s1. The summed E-state index contributed by atoms with van der Waals surface area (Å²) in [5.41, 5.74) is 10.7. The lowest BCUT2D eigenvalue weighted by Gasteiger charge is -2.12. The quantitative estimate of drug-likeness (QED) is 0.413. The molecule has 1 aromatic rings. The summed E-state index contributed by atoms with van der Waals surface area (Å²) >= 11 is 4.71. The molecule has 1 rings (SSSR count). The molecule has 98 valence electrons. The summed E-state index contributed by atoms with van der Waals surface area (Å²) in [6.45, 7) is 1.31. The van der Waals surface area contributed by atoms with E-state index >= 15 is 0 Å². The fourth-order valence-electron chi connectivity index (χ4n) is 1.02. The number of hydrogen-bond acceptors (Lipinski definition) is 9. The van der Waals surface area contributed by atoms with Crippen molar-refractivity contribution in [2.45, 2.75) is 18.1 Å². The highest BCUT2D eigenvalue weighted by Crippen LogP contribution is 2.17. The Bertz CT molecular complexity index is 449. The van der Waals surface area contributed by atoms with Crippen molar-refractivity contribution in [3.8, 4) is 0 Å². The van der Waals surface area contributed by atoms with Gasteiger partial charge in [0.25, 0.3) is 0 Å². The van der Waals surface area contributed by atoms with Crippen LogP contribution in [0, 0.1) is 0 Å². The topological polar surface area (TPSA) is 137 Å². The third-order valence-corrected chi connectivity index (χ3v) is 2.90. The Hall–Kier alpha value is -1.55. The van der Waals surface area contributed by atoms with Gasteiger partial charge in [0.05, 0.1) is 0 Å². The molecule has 1 aromatic heterocycles. The first-order valence-corrected chi connectivity index (χ1v) is 6.24. The molecule has 0 unspecified atom stereocenters. The molecule has 1 atom stereocenters. The maximum absolute atomic E-state index is 11.8. The van der Waals surface area contributed by atoms with Crippen LogP contribution in [-0.2, 0) is 9.59 Å². The van der Waals surface area contributed by atoms with Gasteiger partial charge in [-0.15, -0.1) is 0 Å². The molecule has 0 bridgehead atoms. The molecule has 0 fully saturated rings. The lowest BCUT2D eigenvalue weighted by Crippen LogP contribution is -2.39. The van der Waals surface area contributed by atoms with Crippen LogP contribution >= 0.6 is 24.4 Å². The van der Waals surface area contributed by atoms with Crippen LogP contribution in [0.2, 0.25) is 0 Å². The number of nitrogens with two attached hydrogens (primary N) is 2. The van der Waals surface area contributed by atoms with E-state index in [1.165, 1.54) is 6.92 Å². The molecule has 0 radical (unpaired) electrons. The second kappa shape index (κ2) is 6.40. The predicted octanol–water partition coefficient (Wildman–Crippen LogP) is -0.911. The van der Waals surface area contributed by atoms with Crippen molar-refractivity contribution in [3.63, 3.8) is 0 Å². The average Bonchev–Trinajstić information content (AvgIpc) is 2.23. The molecule has 10 heteroatoms. The largest absolute Gasteiger partial charge is 0.368 e. The highest BCUT2D eigenvalue weighted by Gasteiger charge is 2.20. The van der Waals surface area contributed by atoms with Gasteiger partial charge in [-0.1, -0.05) is 0 Å². The maximum atomic E-state index is 11.8. The summed E-state index contributed by atoms with van der Waals surface area (Å²) in [6.07, 6.45) is 0. The molecule has 5 N–H and O–H groups in total. The van der Waals surface area contributed by atoms with E-state index in [1.807, 2.05) is 0 Å². The van der Waals surface area contributed by atoms with Gasteiger partial charge in [-0.2, -0.15) is 27.6 Å². The molecule has 0 spiro atoms. The molecule has 0 aliphatic carbocycles. The van der Waals surface area contributed by atoms with Gasteiger partial charge in [-0.3, -0.25) is 9.59 Å². The molecule has 0 saturated carbocycles. The zero-order chi connectivity index (χ0) is 13.7. The van der Waals surface area contributed by atoms with Crippen LogP contribution in [0.4, 0.5) is 11.9 Å². The summed E-state index contributed by atoms with van der Waals surface area (Å²) < 4.78 is 0. The average molecular weight is 288 g/mol. The minimum atomic E-state index is -0.727. The number of carbonyl (C=O) groups excluding carboxylic acids is 2. The summed E-state index contributed by atoms with van der Waals surface area (Å²) in [5.74, 6) is -0.293. The lowest BCUT2D eigenvalue weighted by atomic mass is 10.4. The van der Waals surface area contributed by atoms with Crippen LogP contribution in [-0.4, -0.2) is 37.8 Å². The maximum Gasteiger partial charge on any atom is 0.225 e. The minimum Gasteiger partial charge on any atom is -0.368 e. The van der Waals surface area contributed by atoms with Crippen molar-refractivity contribution in [1.82, 2.24) is 20.3 Å². The van der Waals surface area contributed by atoms with E-state index in [2.05, 4.69) is 32.9 Å². The smallest absolute Gasteiger partial charge is 0.225 e. The van der Waals surface area contributed by atoms with E-state index in [0.717, 1.165) is 11.8 Å². The molecular weight excluding hydrogens is 276 g/mol. The highest BCUT2D eigenvalue weighted by molar-refractivity contribution is 8.13. The monoisotopic (exact) mass is 288 g/mol. The third-order valence-electron chi connectivity index (χ3n) is 1.69. The van der Waals surface area contributed by atoms with Crippen molar-refractivity contribution in [3.05, 3.63) is 0 Å². The Morgan fingerprint density at radius 2 is 1.89 bits per heavy atom. The van der Waals surface area contributed by atoms with E-state index < -0.39 is 6.04 Å². The van der Waals surface area contributed by atoms with E-state index in [-0.39, 0.29) is 33.8 Å². The number of amides is 1. The predicted molar refractivity (Wildman–Crippen MR) is 71.0 cm³/mol. The summed E-state index contributed by atoms with van der Waals surface area (Å²) in [6, 6.07) is -0.727. The van der Waals surface area contributed by atoms with Gasteiger partial charge >= 0.3 is 0 Å². The highest BCUT2D eigenvalue weighted by atomic mass is 32.2. The van der Waals surface area contributed by atoms with Crippen LogP contribution < -0.4 is 16.8 Å². The molecule has 0 saturated heterocycles. The summed E-state index contributed by atoms with van der Waals surface area (Å²) in [5, 5.41) is 2.19. The first-order chi connectivity index (χ1) is 8.42. The van der Waals surface area contributed by atoms with Crippen molar-refractivity contribution in [2.75, 3.05) is 17.2 Å². The first-order valence-electron chi connectivity index (χ1n) is 4.79. The second-order valence-electron chi connectivity index (χ2n) is 3.19. The van der Waals surface area contributed by atoms with E-state index in [4.69, 9.17) is 11.5 Å². The molecule has 0 aromatic carbocycles. The Kier molecular flexibility index (Phi) is 5.16. The number of nitrogens with one attached hydrogen (secondary N) is 1. The van der Waals surface area contributed by atoms with Gasteiger partial charge < -0.3 is 16.8 Å². The number of carbonyl (C=O) groups is 2. The number of nitrogens with zero attached hydrogens (tertiary/aromatic N) is 3. The number of rotatable bonds is 4. The number of thioether (sulfide) groups is 1. The lowest BCUT2D eigenvalue weighted by molar-refractivity contribution is -0.122. The molecular formula is C8H12N6O2S2. The number of anilines is 2. The van der Waals surface area contributed by atoms with Gasteiger partial charge in [0.15, 0.2) is 0 Å². The normalized spacial score (nSPS) is 11.9. The zero-order valence-electron chi connectivity index (χ0n) is 9.45. The summed E-state index contributed by atoms with van der Waals surface area (Å²) in [7, 11) is 0. The van der Waals surface area contributed by atoms with Crippen molar-refractivity contribution in [1.29, 1.82) is 0 Å². The van der Waals surface area contributed by atoms with E-state index in [1.54, 1.807) is 0 Å². The number of thiol groups is 1. The van der Waals surface area contributed by atoms with Gasteiger partial charge in [0, 0.05) is 12.7 Å². The molecule has 1 heterocycles. The van der Waals surface area contributed by atoms with Crippen LogP contribution in [0.3, 0.4) is 0 Å². The van der Waals surface area contributed by atoms with E-state index in [9.17, 15) is 9.59 Å². The number of aromatic nitrogens is 3. The Morgan fingerprint density at radius 3 is 2.33 bits per heavy atom. The van der Waals surface area contributed by atoms with Crippen LogP contribution in [0.1, 0.15) is 6.92 Å². The minimum absolute atomic E-state index is 0.0697. The first kappa shape index (κ1) is 14.5. The summed E-state index contributed by atoms with van der Waals surface area (Å²) in [4.78, 5) is 33.8. The second-order valence-corrected chi connectivity index (χ2v) is 4.53. The van der Waals surface area contributed by atoms with Crippen LogP contribution in [0.25, 0.3) is 0 Å². The third kappa shape index (κ3) is 4.37. The fraction of sp³-hybridized carbons (Fsp3) is 0.375. The molecule has 0 aliphatic heterocycles. The molecule has 8 nitrogen and oxygen atoms in total. The van der Waals surface area contributed by atoms with Crippen LogP contribution in [0.5, 0.6) is 0 Å². The number of hydrogen-bond donors (Lipinski definition) is 4. The van der Waals surface area contributed by atoms with E-state index in [0.29, 0.717) is 0 Å². The van der Waals surface area contributed by atoms with Gasteiger partial charge in [0.1, 0.15) is 6.04 Å². The van der Waals surface area contributed by atoms with Crippen molar-refractivity contribution >= 4 is 47.3 Å². The number of nitrogen functional groups attached to an aromatic ring is 2. The zero-order valence-corrected chi connectivity index (χ0v) is 11.2.